The molecule has 0 aliphatic rings. The van der Waals surface area contributed by atoms with Gasteiger partial charge in [0, 0.05) is 40.3 Å². The molecule has 0 amide bonds. The molecule has 0 aliphatic carbocycles. The van der Waals surface area contributed by atoms with Gasteiger partial charge < -0.3 is 4.90 Å². The molecule has 0 spiro atoms. The molecule has 4 nitrogen and oxygen atoms in total. The zero-order chi connectivity index (χ0) is 36.7. The van der Waals surface area contributed by atoms with Crippen LogP contribution in [0.1, 0.15) is 16.7 Å². The van der Waals surface area contributed by atoms with Crippen LogP contribution in [-0.4, -0.2) is 22.6 Å². The van der Waals surface area contributed by atoms with Crippen molar-refractivity contribution in [2.45, 2.75) is 40.4 Å². The summed E-state index contributed by atoms with van der Waals surface area (Å²) in [6.45, 7) is 13.8. The van der Waals surface area contributed by atoms with Crippen molar-refractivity contribution in [3.63, 3.8) is 0 Å². The summed E-state index contributed by atoms with van der Waals surface area (Å²) in [4.78, 5) is 12.2. The fourth-order valence-corrected chi connectivity index (χ4v) is 8.84. The van der Waals surface area contributed by atoms with Gasteiger partial charge in [0.25, 0.3) is 0 Å². The van der Waals surface area contributed by atoms with Crippen LogP contribution in [0, 0.1) is 20.8 Å². The van der Waals surface area contributed by atoms with Crippen LogP contribution in [0.4, 0.5) is 17.1 Å². The standard InChI is InChI=1S/C48H44N4Si/c1-33-28-34(2)47(35(3)29-33)51(39-21-15-20-38(30-39)43-32-41(25-27-49-43)53(4,5)6)40-23-24-42-44(31-40)52(45-22-13-14-26-50-45)48(37-18-11-8-12-19-37)46(42)36-16-9-7-10-17-36/h7-32H,1-6H3. The van der Waals surface area contributed by atoms with Gasteiger partial charge in [0.2, 0.25) is 0 Å². The lowest BCUT2D eigenvalue weighted by Gasteiger charge is -2.29. The number of fused-ring (bicyclic) bond motifs is 1. The maximum absolute atomic E-state index is 4.94. The number of benzene rings is 5. The van der Waals surface area contributed by atoms with Gasteiger partial charge in [0.1, 0.15) is 5.82 Å². The first-order chi connectivity index (χ1) is 25.7. The van der Waals surface area contributed by atoms with Gasteiger partial charge in [-0.1, -0.05) is 127 Å². The van der Waals surface area contributed by atoms with Gasteiger partial charge >= 0.3 is 0 Å². The Morgan fingerprint density at radius 1 is 0.547 bits per heavy atom. The van der Waals surface area contributed by atoms with E-state index in [2.05, 4.69) is 189 Å². The van der Waals surface area contributed by atoms with Crippen molar-refractivity contribution < 1.29 is 0 Å². The Morgan fingerprint density at radius 3 is 1.89 bits per heavy atom. The quantitative estimate of drug-likeness (QED) is 0.148. The van der Waals surface area contributed by atoms with Crippen LogP contribution < -0.4 is 10.1 Å². The second kappa shape index (κ2) is 13.8. The molecule has 8 rings (SSSR count). The first kappa shape index (κ1) is 34.1. The maximum Gasteiger partial charge on any atom is 0.137 e. The molecule has 8 aromatic rings. The van der Waals surface area contributed by atoms with Crippen LogP contribution in [0.3, 0.4) is 0 Å². The van der Waals surface area contributed by atoms with E-state index in [1.165, 1.54) is 44.1 Å². The summed E-state index contributed by atoms with van der Waals surface area (Å²) in [6, 6.07) is 52.4. The van der Waals surface area contributed by atoms with E-state index in [1.54, 1.807) is 0 Å². The highest BCUT2D eigenvalue weighted by Crippen LogP contribution is 2.46. The summed E-state index contributed by atoms with van der Waals surface area (Å²) in [5, 5.41) is 2.57. The number of anilines is 3. The largest absolute Gasteiger partial charge is 0.310 e. The van der Waals surface area contributed by atoms with Crippen molar-refractivity contribution in [2.24, 2.45) is 0 Å². The van der Waals surface area contributed by atoms with Crippen LogP contribution in [0.5, 0.6) is 0 Å². The smallest absolute Gasteiger partial charge is 0.137 e. The SMILES string of the molecule is Cc1cc(C)c(N(c2cccc(-c3cc([Si](C)(C)C)ccn3)c2)c2ccc3c(-c4ccccc4)c(-c4ccccc4)n(-c4ccccn4)c3c2)c(C)c1. The summed E-state index contributed by atoms with van der Waals surface area (Å²) in [7, 11) is -1.53. The van der Waals surface area contributed by atoms with Crippen molar-refractivity contribution in [3.8, 4) is 39.5 Å². The van der Waals surface area contributed by atoms with Crippen molar-refractivity contribution in [3.05, 3.63) is 175 Å². The molecule has 53 heavy (non-hydrogen) atoms. The van der Waals surface area contributed by atoms with Crippen LogP contribution in [0.15, 0.2) is 158 Å². The predicted molar refractivity (Wildman–Crippen MR) is 227 cm³/mol. The molecule has 260 valence electrons. The highest BCUT2D eigenvalue weighted by Gasteiger charge is 2.25. The lowest BCUT2D eigenvalue weighted by Crippen LogP contribution is -2.37. The first-order valence-electron chi connectivity index (χ1n) is 18.3. The minimum absolute atomic E-state index is 0.875. The molecule has 0 aliphatic heterocycles. The fourth-order valence-electron chi connectivity index (χ4n) is 7.70. The molecule has 0 atom stereocenters. The van der Waals surface area contributed by atoms with Gasteiger partial charge in [-0.15, -0.1) is 0 Å². The van der Waals surface area contributed by atoms with Gasteiger partial charge in [-0.3, -0.25) is 9.55 Å². The zero-order valence-corrected chi connectivity index (χ0v) is 32.3. The number of hydrogen-bond donors (Lipinski definition) is 0. The number of aryl methyl sites for hydroxylation is 3. The first-order valence-corrected chi connectivity index (χ1v) is 21.8. The van der Waals surface area contributed by atoms with Gasteiger partial charge in [-0.25, -0.2) is 4.98 Å². The van der Waals surface area contributed by atoms with E-state index < -0.39 is 8.07 Å². The van der Waals surface area contributed by atoms with Crippen LogP contribution in [-0.2, 0) is 0 Å². The van der Waals surface area contributed by atoms with Gasteiger partial charge in [0.05, 0.1) is 30.7 Å². The molecule has 0 saturated heterocycles. The third-order valence-electron chi connectivity index (χ3n) is 10.1. The number of hydrogen-bond acceptors (Lipinski definition) is 3. The molecule has 0 fully saturated rings. The topological polar surface area (TPSA) is 34.0 Å². The number of rotatable bonds is 8. The van der Waals surface area contributed by atoms with E-state index in [0.29, 0.717) is 0 Å². The Kier molecular flexibility index (Phi) is 8.89. The molecule has 0 bridgehead atoms. The average molecular weight is 705 g/mol. The molecular weight excluding hydrogens is 661 g/mol. The van der Waals surface area contributed by atoms with E-state index in [1.807, 2.05) is 18.5 Å². The van der Waals surface area contributed by atoms with E-state index in [0.717, 1.165) is 45.2 Å². The highest BCUT2D eigenvalue weighted by atomic mass is 28.3. The lowest BCUT2D eigenvalue weighted by atomic mass is 9.98. The molecular formula is C48H44N4Si. The summed E-state index contributed by atoms with van der Waals surface area (Å²) < 4.78 is 2.34. The Balaban J connectivity index is 1.42. The second-order valence-electron chi connectivity index (χ2n) is 15.0. The average Bonchev–Trinajstić information content (AvgIpc) is 3.51. The monoisotopic (exact) mass is 704 g/mol. The van der Waals surface area contributed by atoms with Crippen LogP contribution >= 0.6 is 0 Å². The molecule has 3 aromatic heterocycles. The molecule has 0 N–H and O–H groups in total. The maximum atomic E-state index is 4.94. The predicted octanol–water partition coefficient (Wildman–Crippen LogP) is 12.4. The van der Waals surface area contributed by atoms with Crippen molar-refractivity contribution in [1.82, 2.24) is 14.5 Å². The summed E-state index contributed by atoms with van der Waals surface area (Å²) in [5.74, 6) is 0.875. The van der Waals surface area contributed by atoms with E-state index in [-0.39, 0.29) is 0 Å². The third-order valence-corrected chi connectivity index (χ3v) is 12.1. The summed E-state index contributed by atoms with van der Waals surface area (Å²) in [6.07, 6.45) is 3.85. The second-order valence-corrected chi connectivity index (χ2v) is 20.1. The third kappa shape index (κ3) is 6.49. The van der Waals surface area contributed by atoms with E-state index >= 15 is 0 Å². The lowest BCUT2D eigenvalue weighted by molar-refractivity contribution is 1.05. The van der Waals surface area contributed by atoms with Crippen molar-refractivity contribution in [2.75, 3.05) is 4.90 Å². The fraction of sp³-hybridized carbons (Fsp3) is 0.125. The van der Waals surface area contributed by atoms with Gasteiger partial charge in [-0.2, -0.15) is 0 Å². The Labute approximate surface area is 314 Å². The Morgan fingerprint density at radius 2 is 1.21 bits per heavy atom. The number of aromatic nitrogens is 3. The van der Waals surface area contributed by atoms with Gasteiger partial charge in [-0.05, 0) is 91.6 Å². The van der Waals surface area contributed by atoms with Crippen molar-refractivity contribution >= 4 is 41.2 Å². The minimum atomic E-state index is -1.53. The van der Waals surface area contributed by atoms with Crippen LogP contribution in [0.2, 0.25) is 19.6 Å². The molecule has 5 heteroatoms. The van der Waals surface area contributed by atoms with Crippen LogP contribution in [0.25, 0.3) is 50.4 Å². The number of nitrogens with zero attached hydrogens (tertiary/aromatic N) is 4. The van der Waals surface area contributed by atoms with Crippen molar-refractivity contribution in [1.29, 1.82) is 0 Å². The summed E-state index contributed by atoms with van der Waals surface area (Å²) >= 11 is 0. The molecule has 0 unspecified atom stereocenters. The minimum Gasteiger partial charge on any atom is -0.310 e. The molecule has 3 heterocycles. The van der Waals surface area contributed by atoms with E-state index in [4.69, 9.17) is 9.97 Å². The molecule has 5 aromatic carbocycles. The number of pyridine rings is 2. The molecule has 0 radical (unpaired) electrons. The zero-order valence-electron chi connectivity index (χ0n) is 31.3. The Hall–Kier alpha value is -6.04. The summed E-state index contributed by atoms with van der Waals surface area (Å²) in [5.41, 5.74) is 14.8. The van der Waals surface area contributed by atoms with E-state index in [9.17, 15) is 0 Å². The highest BCUT2D eigenvalue weighted by molar-refractivity contribution is 6.88. The Bertz CT molecular complexity index is 2540. The molecule has 0 saturated carbocycles. The normalized spacial score (nSPS) is 11.6. The van der Waals surface area contributed by atoms with Gasteiger partial charge in [0.15, 0.2) is 0 Å².